The Balaban J connectivity index is 1.95. The number of aliphatic hydroxyl groups is 1. The van der Waals surface area contributed by atoms with E-state index in [1.165, 1.54) is 0 Å². The molecule has 0 aromatic heterocycles. The van der Waals surface area contributed by atoms with Gasteiger partial charge in [0.2, 0.25) is 0 Å². The van der Waals surface area contributed by atoms with Gasteiger partial charge >= 0.3 is 0 Å². The molecule has 3 nitrogen and oxygen atoms in total. The maximum atomic E-state index is 9.59. The van der Waals surface area contributed by atoms with Gasteiger partial charge in [-0.2, -0.15) is 5.26 Å². The molecule has 0 aliphatic carbocycles. The molecule has 1 N–H and O–H groups in total. The monoisotopic (exact) mass is 244 g/mol. The lowest BCUT2D eigenvalue weighted by atomic mass is 10.00. The second-order valence-corrected chi connectivity index (χ2v) is 5.14. The zero-order valence-corrected chi connectivity index (χ0v) is 10.8. The third-order valence-corrected chi connectivity index (χ3v) is 3.79. The fourth-order valence-corrected chi connectivity index (χ4v) is 2.59. The van der Waals surface area contributed by atoms with Crippen LogP contribution in [0.3, 0.4) is 0 Å². The molecule has 0 saturated carbocycles. The standard InChI is InChI=1S/C15H20N2O/c1-12(18)14-7-8-17(10-14)11-15(9-16)13-5-3-2-4-6-13/h2-6,12,14-15,18H,7-8,10-11H2,1H3. The van der Waals surface area contributed by atoms with Crippen LogP contribution in [-0.2, 0) is 0 Å². The topological polar surface area (TPSA) is 47.3 Å². The minimum absolute atomic E-state index is 0.0704. The highest BCUT2D eigenvalue weighted by atomic mass is 16.3. The van der Waals surface area contributed by atoms with Crippen LogP contribution in [0, 0.1) is 17.2 Å². The molecule has 96 valence electrons. The Morgan fingerprint density at radius 3 is 2.72 bits per heavy atom. The Kier molecular flexibility index (Phi) is 4.35. The quantitative estimate of drug-likeness (QED) is 0.881. The number of nitriles is 1. The predicted octanol–water partition coefficient (Wildman–Crippen LogP) is 2.00. The van der Waals surface area contributed by atoms with Gasteiger partial charge in [0.05, 0.1) is 18.1 Å². The highest BCUT2D eigenvalue weighted by molar-refractivity contribution is 5.25. The Bertz CT molecular complexity index is 410. The second kappa shape index (κ2) is 5.99. The Morgan fingerprint density at radius 2 is 2.17 bits per heavy atom. The van der Waals surface area contributed by atoms with E-state index in [0.717, 1.165) is 31.6 Å². The van der Waals surface area contributed by atoms with Crippen LogP contribution in [0.15, 0.2) is 30.3 Å². The highest BCUT2D eigenvalue weighted by Gasteiger charge is 2.27. The van der Waals surface area contributed by atoms with E-state index in [9.17, 15) is 10.4 Å². The van der Waals surface area contributed by atoms with Crippen molar-refractivity contribution in [3.05, 3.63) is 35.9 Å². The first-order valence-electron chi connectivity index (χ1n) is 6.55. The van der Waals surface area contributed by atoms with Crippen molar-refractivity contribution in [1.29, 1.82) is 5.26 Å². The molecule has 1 aliphatic heterocycles. The van der Waals surface area contributed by atoms with Gasteiger partial charge in [-0.05, 0) is 31.4 Å². The number of likely N-dealkylation sites (tertiary alicyclic amines) is 1. The fourth-order valence-electron chi connectivity index (χ4n) is 2.59. The van der Waals surface area contributed by atoms with E-state index in [2.05, 4.69) is 11.0 Å². The first-order chi connectivity index (χ1) is 8.70. The molecule has 1 aromatic rings. The van der Waals surface area contributed by atoms with Crippen LogP contribution in [0.2, 0.25) is 0 Å². The lowest BCUT2D eigenvalue weighted by Gasteiger charge is -2.20. The Labute approximate surface area is 109 Å². The maximum absolute atomic E-state index is 9.59. The van der Waals surface area contributed by atoms with Crippen LogP contribution >= 0.6 is 0 Å². The summed E-state index contributed by atoms with van der Waals surface area (Å²) in [5.41, 5.74) is 1.08. The largest absolute Gasteiger partial charge is 0.393 e. The molecule has 1 aliphatic rings. The summed E-state index contributed by atoms with van der Waals surface area (Å²) >= 11 is 0. The molecule has 3 unspecified atom stereocenters. The third kappa shape index (κ3) is 3.10. The van der Waals surface area contributed by atoms with E-state index >= 15 is 0 Å². The smallest absolute Gasteiger partial charge is 0.0839 e. The maximum Gasteiger partial charge on any atom is 0.0839 e. The molecule has 3 atom stereocenters. The molecule has 0 spiro atoms. The average Bonchev–Trinajstić information content (AvgIpc) is 2.86. The second-order valence-electron chi connectivity index (χ2n) is 5.14. The molecule has 1 aromatic carbocycles. The molecule has 1 saturated heterocycles. The molecule has 18 heavy (non-hydrogen) atoms. The van der Waals surface area contributed by atoms with E-state index in [0.29, 0.717) is 5.92 Å². The van der Waals surface area contributed by atoms with Gasteiger partial charge in [0.1, 0.15) is 0 Å². The average molecular weight is 244 g/mol. The van der Waals surface area contributed by atoms with Gasteiger partial charge < -0.3 is 10.0 Å². The minimum atomic E-state index is -0.243. The van der Waals surface area contributed by atoms with Crippen LogP contribution in [-0.4, -0.2) is 35.7 Å². The van der Waals surface area contributed by atoms with Crippen molar-refractivity contribution in [3.8, 4) is 6.07 Å². The molecule has 1 fully saturated rings. The summed E-state index contributed by atoms with van der Waals surface area (Å²) in [7, 11) is 0. The van der Waals surface area contributed by atoms with Crippen LogP contribution in [0.1, 0.15) is 24.8 Å². The highest BCUT2D eigenvalue weighted by Crippen LogP contribution is 2.23. The van der Waals surface area contributed by atoms with Gasteiger partial charge in [0.15, 0.2) is 0 Å². The summed E-state index contributed by atoms with van der Waals surface area (Å²) in [5.74, 6) is 0.291. The number of nitrogens with zero attached hydrogens (tertiary/aromatic N) is 2. The van der Waals surface area contributed by atoms with Gasteiger partial charge in [0, 0.05) is 13.1 Å². The van der Waals surface area contributed by atoms with Crippen molar-refractivity contribution in [3.63, 3.8) is 0 Å². The molecule has 1 heterocycles. The summed E-state index contributed by atoms with van der Waals surface area (Å²) in [4.78, 5) is 2.29. The van der Waals surface area contributed by atoms with Gasteiger partial charge in [-0.25, -0.2) is 0 Å². The summed E-state index contributed by atoms with van der Waals surface area (Å²) in [5, 5.41) is 18.9. The molecule has 2 rings (SSSR count). The Morgan fingerprint density at radius 1 is 1.44 bits per heavy atom. The normalized spacial score (nSPS) is 23.5. The molecule has 0 amide bonds. The fraction of sp³-hybridized carbons (Fsp3) is 0.533. The van der Waals surface area contributed by atoms with Crippen LogP contribution in [0.4, 0.5) is 0 Å². The van der Waals surface area contributed by atoms with Crippen molar-refractivity contribution in [2.24, 2.45) is 5.92 Å². The summed E-state index contributed by atoms with van der Waals surface area (Å²) in [6.07, 6.45) is 0.789. The van der Waals surface area contributed by atoms with Gasteiger partial charge in [-0.15, -0.1) is 0 Å². The number of hydrogen-bond acceptors (Lipinski definition) is 3. The van der Waals surface area contributed by atoms with Crippen molar-refractivity contribution in [2.45, 2.75) is 25.4 Å². The third-order valence-electron chi connectivity index (χ3n) is 3.79. The number of rotatable bonds is 4. The number of hydrogen-bond donors (Lipinski definition) is 1. The first-order valence-corrected chi connectivity index (χ1v) is 6.55. The SMILES string of the molecule is CC(O)C1CCN(CC(C#N)c2ccccc2)C1. The lowest BCUT2D eigenvalue weighted by Crippen LogP contribution is -2.28. The van der Waals surface area contributed by atoms with Gasteiger partial charge in [-0.3, -0.25) is 0 Å². The van der Waals surface area contributed by atoms with E-state index in [-0.39, 0.29) is 12.0 Å². The minimum Gasteiger partial charge on any atom is -0.393 e. The van der Waals surface area contributed by atoms with Crippen molar-refractivity contribution in [2.75, 3.05) is 19.6 Å². The molecule has 0 bridgehead atoms. The zero-order valence-electron chi connectivity index (χ0n) is 10.8. The van der Waals surface area contributed by atoms with Crippen LogP contribution in [0.25, 0.3) is 0 Å². The first kappa shape index (κ1) is 13.1. The van der Waals surface area contributed by atoms with Crippen molar-refractivity contribution < 1.29 is 5.11 Å². The molecule has 0 radical (unpaired) electrons. The van der Waals surface area contributed by atoms with E-state index in [1.54, 1.807) is 0 Å². The molecular weight excluding hydrogens is 224 g/mol. The van der Waals surface area contributed by atoms with Crippen molar-refractivity contribution in [1.82, 2.24) is 4.90 Å². The molecule has 3 heteroatoms. The summed E-state index contributed by atoms with van der Waals surface area (Å²) in [6, 6.07) is 12.3. The van der Waals surface area contributed by atoms with Crippen LogP contribution < -0.4 is 0 Å². The van der Waals surface area contributed by atoms with E-state index in [1.807, 2.05) is 37.3 Å². The van der Waals surface area contributed by atoms with Crippen LogP contribution in [0.5, 0.6) is 0 Å². The Hall–Kier alpha value is -1.37. The number of benzene rings is 1. The van der Waals surface area contributed by atoms with Gasteiger partial charge in [0.25, 0.3) is 0 Å². The lowest BCUT2D eigenvalue weighted by molar-refractivity contribution is 0.127. The zero-order chi connectivity index (χ0) is 13.0. The summed E-state index contributed by atoms with van der Waals surface area (Å²) < 4.78 is 0. The van der Waals surface area contributed by atoms with E-state index < -0.39 is 0 Å². The summed E-state index contributed by atoms with van der Waals surface area (Å²) in [6.45, 7) is 4.51. The van der Waals surface area contributed by atoms with E-state index in [4.69, 9.17) is 0 Å². The number of aliphatic hydroxyl groups excluding tert-OH is 1. The van der Waals surface area contributed by atoms with Gasteiger partial charge in [-0.1, -0.05) is 30.3 Å². The van der Waals surface area contributed by atoms with Crippen molar-refractivity contribution >= 4 is 0 Å². The molecular formula is C15H20N2O. The predicted molar refractivity (Wildman–Crippen MR) is 71.0 cm³/mol.